The van der Waals surface area contributed by atoms with Gasteiger partial charge in [0.05, 0.1) is 18.6 Å². The first kappa shape index (κ1) is 15.0. The van der Waals surface area contributed by atoms with Gasteiger partial charge in [0.1, 0.15) is 0 Å². The van der Waals surface area contributed by atoms with Crippen molar-refractivity contribution in [2.45, 2.75) is 38.2 Å². The Morgan fingerprint density at radius 3 is 2.76 bits per heavy atom. The Hall–Kier alpha value is -0.910. The molecule has 0 unspecified atom stereocenters. The molecule has 2 fully saturated rings. The number of amides is 1. The van der Waals surface area contributed by atoms with E-state index in [1.165, 1.54) is 17.7 Å². The summed E-state index contributed by atoms with van der Waals surface area (Å²) in [6, 6.07) is 4.09. The molecular formula is C16H24N2O2S. The van der Waals surface area contributed by atoms with Crippen LogP contribution in [0.2, 0.25) is 0 Å². The molecule has 3 heterocycles. The van der Waals surface area contributed by atoms with E-state index in [-0.39, 0.29) is 5.91 Å². The Morgan fingerprint density at radius 1 is 1.33 bits per heavy atom. The largest absolute Gasteiger partial charge is 0.387 e. The van der Waals surface area contributed by atoms with Gasteiger partial charge in [-0.1, -0.05) is 0 Å². The van der Waals surface area contributed by atoms with Gasteiger partial charge in [-0.05, 0) is 51.4 Å². The number of thiophene rings is 1. The first-order chi connectivity index (χ1) is 10.0. The molecular weight excluding hydrogens is 284 g/mol. The topological polar surface area (TPSA) is 43.8 Å². The molecule has 0 spiro atoms. The van der Waals surface area contributed by atoms with Crippen molar-refractivity contribution in [3.8, 4) is 0 Å². The highest BCUT2D eigenvalue weighted by molar-refractivity contribution is 7.12. The van der Waals surface area contributed by atoms with Gasteiger partial charge in [-0.25, -0.2) is 0 Å². The van der Waals surface area contributed by atoms with Crippen molar-refractivity contribution in [2.24, 2.45) is 0 Å². The van der Waals surface area contributed by atoms with Crippen molar-refractivity contribution < 1.29 is 9.90 Å². The normalized spacial score (nSPS) is 26.7. The minimum absolute atomic E-state index is 0.147. The maximum absolute atomic E-state index is 12.4. The zero-order valence-corrected chi connectivity index (χ0v) is 13.5. The lowest BCUT2D eigenvalue weighted by molar-refractivity contribution is -0.130. The highest BCUT2D eigenvalue weighted by Gasteiger charge is 2.39. The lowest BCUT2D eigenvalue weighted by Crippen LogP contribution is -2.45. The summed E-state index contributed by atoms with van der Waals surface area (Å²) >= 11 is 1.68. The molecule has 4 nitrogen and oxygen atoms in total. The summed E-state index contributed by atoms with van der Waals surface area (Å²) in [6.45, 7) is 6.13. The van der Waals surface area contributed by atoms with Crippen molar-refractivity contribution in [2.75, 3.05) is 32.7 Å². The molecule has 0 bridgehead atoms. The van der Waals surface area contributed by atoms with E-state index >= 15 is 0 Å². The van der Waals surface area contributed by atoms with Crippen LogP contribution in [-0.2, 0) is 11.2 Å². The summed E-state index contributed by atoms with van der Waals surface area (Å²) in [6.07, 6.45) is 3.64. The third-order valence-corrected chi connectivity index (χ3v) is 5.52. The van der Waals surface area contributed by atoms with Gasteiger partial charge in [0, 0.05) is 22.8 Å². The number of likely N-dealkylation sites (tertiary alicyclic amines) is 2. The molecule has 2 saturated heterocycles. The molecule has 0 aliphatic carbocycles. The molecule has 1 aromatic rings. The molecule has 2 aliphatic rings. The first-order valence-electron chi connectivity index (χ1n) is 7.82. The zero-order valence-electron chi connectivity index (χ0n) is 12.7. The number of aryl methyl sites for hydroxylation is 1. The van der Waals surface area contributed by atoms with Gasteiger partial charge >= 0.3 is 0 Å². The van der Waals surface area contributed by atoms with Crippen molar-refractivity contribution in [1.82, 2.24) is 9.80 Å². The van der Waals surface area contributed by atoms with Crippen molar-refractivity contribution in [3.63, 3.8) is 0 Å². The Morgan fingerprint density at radius 2 is 2.10 bits per heavy atom. The maximum Gasteiger partial charge on any atom is 0.227 e. The molecule has 1 amide bonds. The van der Waals surface area contributed by atoms with Crippen LogP contribution >= 0.6 is 11.3 Å². The van der Waals surface area contributed by atoms with Crippen LogP contribution < -0.4 is 0 Å². The van der Waals surface area contributed by atoms with Gasteiger partial charge in [0.15, 0.2) is 0 Å². The number of hydrogen-bond acceptors (Lipinski definition) is 4. The highest BCUT2D eigenvalue weighted by Crippen LogP contribution is 2.25. The summed E-state index contributed by atoms with van der Waals surface area (Å²) in [5.41, 5.74) is -0.703. The molecule has 0 saturated carbocycles. The molecule has 0 aromatic carbocycles. The monoisotopic (exact) mass is 308 g/mol. The minimum Gasteiger partial charge on any atom is -0.387 e. The SMILES string of the molecule is Cc1ccc(CC(=O)N2CC[C@@](O)(CN3CCCC3)C2)s1. The summed E-state index contributed by atoms with van der Waals surface area (Å²) in [5.74, 6) is 0.147. The van der Waals surface area contributed by atoms with Gasteiger partial charge in [-0.2, -0.15) is 0 Å². The lowest BCUT2D eigenvalue weighted by Gasteiger charge is -2.28. The Bertz CT molecular complexity index is 510. The van der Waals surface area contributed by atoms with Crippen LogP contribution in [-0.4, -0.2) is 59.1 Å². The fraction of sp³-hybridized carbons (Fsp3) is 0.688. The highest BCUT2D eigenvalue weighted by atomic mass is 32.1. The van der Waals surface area contributed by atoms with Crippen LogP contribution in [0.15, 0.2) is 12.1 Å². The van der Waals surface area contributed by atoms with E-state index < -0.39 is 5.60 Å². The van der Waals surface area contributed by atoms with Crippen LogP contribution in [0.4, 0.5) is 0 Å². The quantitative estimate of drug-likeness (QED) is 0.920. The van der Waals surface area contributed by atoms with E-state index in [4.69, 9.17) is 0 Å². The number of rotatable bonds is 4. The van der Waals surface area contributed by atoms with Gasteiger partial charge in [-0.3, -0.25) is 4.79 Å². The van der Waals surface area contributed by atoms with Gasteiger partial charge in [0.25, 0.3) is 0 Å². The van der Waals surface area contributed by atoms with E-state index in [0.717, 1.165) is 24.5 Å². The molecule has 1 aromatic heterocycles. The third-order valence-electron chi connectivity index (χ3n) is 4.52. The van der Waals surface area contributed by atoms with E-state index in [9.17, 15) is 9.90 Å². The Labute approximate surface area is 130 Å². The van der Waals surface area contributed by atoms with Crippen molar-refractivity contribution >= 4 is 17.2 Å². The summed E-state index contributed by atoms with van der Waals surface area (Å²) < 4.78 is 0. The summed E-state index contributed by atoms with van der Waals surface area (Å²) in [7, 11) is 0. The smallest absolute Gasteiger partial charge is 0.227 e. The van der Waals surface area contributed by atoms with E-state index in [0.29, 0.717) is 25.9 Å². The predicted octanol–water partition coefficient (Wildman–Crippen LogP) is 1.66. The molecule has 21 heavy (non-hydrogen) atoms. The van der Waals surface area contributed by atoms with Gasteiger partial charge in [0.2, 0.25) is 5.91 Å². The van der Waals surface area contributed by atoms with Crippen LogP contribution in [0.1, 0.15) is 29.0 Å². The second-order valence-corrected chi connectivity index (χ2v) is 7.83. The number of β-amino-alcohol motifs (C(OH)–C–C–N with tert-alkyl or cyclic N) is 1. The Kier molecular flexibility index (Phi) is 4.33. The third kappa shape index (κ3) is 3.65. The zero-order chi connectivity index (χ0) is 14.9. The molecule has 3 rings (SSSR count). The molecule has 1 N–H and O–H groups in total. The average Bonchev–Trinajstić information content (AvgIpc) is 3.13. The van der Waals surface area contributed by atoms with Gasteiger partial charge in [-0.15, -0.1) is 11.3 Å². The van der Waals surface area contributed by atoms with Gasteiger partial charge < -0.3 is 14.9 Å². The molecule has 1 atom stereocenters. The average molecular weight is 308 g/mol. The second-order valence-electron chi connectivity index (χ2n) is 6.46. The molecule has 5 heteroatoms. The first-order valence-corrected chi connectivity index (χ1v) is 8.64. The lowest BCUT2D eigenvalue weighted by atomic mass is 10.0. The minimum atomic E-state index is -0.703. The van der Waals surface area contributed by atoms with Crippen LogP contribution in [0.25, 0.3) is 0 Å². The second kappa shape index (κ2) is 6.07. The standard InChI is InChI=1S/C16H24N2O2S/c1-13-4-5-14(21-13)10-15(19)18-9-6-16(20,12-18)11-17-7-2-3-8-17/h4-5,20H,2-3,6-12H2,1H3/t16-/m1/s1. The number of hydrogen-bond donors (Lipinski definition) is 1. The van der Waals surface area contributed by atoms with Crippen LogP contribution in [0.5, 0.6) is 0 Å². The number of aliphatic hydroxyl groups is 1. The van der Waals surface area contributed by atoms with Crippen molar-refractivity contribution in [1.29, 1.82) is 0 Å². The summed E-state index contributed by atoms with van der Waals surface area (Å²) in [4.78, 5) is 18.9. The summed E-state index contributed by atoms with van der Waals surface area (Å²) in [5, 5.41) is 10.7. The molecule has 116 valence electrons. The van der Waals surface area contributed by atoms with E-state index in [1.807, 2.05) is 11.0 Å². The van der Waals surface area contributed by atoms with Crippen LogP contribution in [0, 0.1) is 6.92 Å². The fourth-order valence-electron chi connectivity index (χ4n) is 3.40. The molecule has 0 radical (unpaired) electrons. The van der Waals surface area contributed by atoms with Crippen LogP contribution in [0.3, 0.4) is 0 Å². The number of carbonyl (C=O) groups excluding carboxylic acids is 1. The number of nitrogens with zero attached hydrogens (tertiary/aromatic N) is 2. The van der Waals surface area contributed by atoms with Crippen molar-refractivity contribution in [3.05, 3.63) is 21.9 Å². The van der Waals surface area contributed by atoms with E-state index in [2.05, 4.69) is 17.9 Å². The number of carbonyl (C=O) groups is 1. The Balaban J connectivity index is 1.54. The van der Waals surface area contributed by atoms with E-state index in [1.54, 1.807) is 11.3 Å². The fourth-order valence-corrected chi connectivity index (χ4v) is 4.28. The predicted molar refractivity (Wildman–Crippen MR) is 84.6 cm³/mol. The maximum atomic E-state index is 12.4. The molecule has 2 aliphatic heterocycles.